The molecule has 0 aliphatic heterocycles. The molecule has 27 heavy (non-hydrogen) atoms. The molecule has 2 aromatic rings. The second-order valence-electron chi connectivity index (χ2n) is 6.63. The summed E-state index contributed by atoms with van der Waals surface area (Å²) in [6, 6.07) is 14.7. The van der Waals surface area contributed by atoms with Gasteiger partial charge in [0.2, 0.25) is 0 Å². The van der Waals surface area contributed by atoms with E-state index in [4.69, 9.17) is 0 Å². The van der Waals surface area contributed by atoms with Gasteiger partial charge in [0.1, 0.15) is 0 Å². The molecule has 0 unspecified atom stereocenters. The Morgan fingerprint density at radius 3 is 2.44 bits per heavy atom. The zero-order valence-electron chi connectivity index (χ0n) is 15.9. The highest BCUT2D eigenvalue weighted by molar-refractivity contribution is 7.92. The minimum absolute atomic E-state index is 0.182. The molecule has 0 saturated carbocycles. The van der Waals surface area contributed by atoms with E-state index >= 15 is 0 Å². The van der Waals surface area contributed by atoms with Gasteiger partial charge in [-0.3, -0.25) is 9.52 Å². The van der Waals surface area contributed by atoms with Crippen molar-refractivity contribution in [1.82, 2.24) is 5.32 Å². The fourth-order valence-electron chi connectivity index (χ4n) is 2.82. The number of benzene rings is 2. The van der Waals surface area contributed by atoms with Crippen LogP contribution in [0.5, 0.6) is 0 Å². The van der Waals surface area contributed by atoms with E-state index in [0.717, 1.165) is 25.7 Å². The van der Waals surface area contributed by atoms with Gasteiger partial charge in [-0.05, 0) is 42.7 Å². The van der Waals surface area contributed by atoms with Crippen LogP contribution in [-0.4, -0.2) is 20.9 Å². The van der Waals surface area contributed by atoms with E-state index in [9.17, 15) is 13.2 Å². The largest absolute Gasteiger partial charge is 0.352 e. The van der Waals surface area contributed by atoms with Crippen LogP contribution in [0.3, 0.4) is 0 Å². The van der Waals surface area contributed by atoms with E-state index in [2.05, 4.69) is 23.9 Å². The number of carbonyl (C=O) groups excluding carboxylic acids is 1. The molecule has 0 bridgehead atoms. The van der Waals surface area contributed by atoms with Crippen LogP contribution in [0, 0.1) is 5.92 Å². The number of unbranched alkanes of at least 4 members (excludes halogenated alkanes) is 1. The summed E-state index contributed by atoms with van der Waals surface area (Å²) >= 11 is 0. The lowest BCUT2D eigenvalue weighted by Gasteiger charge is -2.15. The lowest BCUT2D eigenvalue weighted by molar-refractivity contribution is 0.0946. The van der Waals surface area contributed by atoms with Gasteiger partial charge in [-0.15, -0.1) is 0 Å². The lowest BCUT2D eigenvalue weighted by Crippen LogP contribution is -2.29. The fourth-order valence-corrected chi connectivity index (χ4v) is 3.89. The third kappa shape index (κ3) is 6.40. The van der Waals surface area contributed by atoms with E-state index in [-0.39, 0.29) is 10.8 Å². The highest BCUT2D eigenvalue weighted by Crippen LogP contribution is 2.17. The molecular formula is C21H28N2O3S. The number of hydrogen-bond donors (Lipinski definition) is 2. The van der Waals surface area contributed by atoms with E-state index in [1.165, 1.54) is 12.1 Å². The van der Waals surface area contributed by atoms with Gasteiger partial charge in [0.15, 0.2) is 0 Å². The van der Waals surface area contributed by atoms with Crippen molar-refractivity contribution in [3.63, 3.8) is 0 Å². The number of carbonyl (C=O) groups is 1. The summed E-state index contributed by atoms with van der Waals surface area (Å²) in [6.45, 7) is 4.92. The van der Waals surface area contributed by atoms with E-state index in [1.54, 1.807) is 42.5 Å². The summed E-state index contributed by atoms with van der Waals surface area (Å²) in [7, 11) is -3.68. The maximum absolute atomic E-state index is 12.4. The molecule has 0 fully saturated rings. The van der Waals surface area contributed by atoms with Gasteiger partial charge in [0.05, 0.1) is 4.90 Å². The summed E-state index contributed by atoms with van der Waals surface area (Å²) in [5.41, 5.74) is 0.804. The van der Waals surface area contributed by atoms with Gasteiger partial charge in [0.25, 0.3) is 15.9 Å². The van der Waals surface area contributed by atoms with Crippen LogP contribution in [-0.2, 0) is 10.0 Å². The van der Waals surface area contributed by atoms with Crippen LogP contribution in [0.25, 0.3) is 0 Å². The van der Waals surface area contributed by atoms with Crippen molar-refractivity contribution < 1.29 is 13.2 Å². The maximum Gasteiger partial charge on any atom is 0.261 e. The van der Waals surface area contributed by atoms with Crippen molar-refractivity contribution >= 4 is 21.6 Å². The van der Waals surface area contributed by atoms with E-state index in [1.807, 2.05) is 0 Å². The molecule has 0 aromatic heterocycles. The highest BCUT2D eigenvalue weighted by atomic mass is 32.2. The van der Waals surface area contributed by atoms with Gasteiger partial charge < -0.3 is 5.32 Å². The average molecular weight is 389 g/mol. The first-order valence-electron chi connectivity index (χ1n) is 9.42. The molecule has 0 aliphatic carbocycles. The predicted molar refractivity (Wildman–Crippen MR) is 109 cm³/mol. The Balaban J connectivity index is 2.03. The summed E-state index contributed by atoms with van der Waals surface area (Å²) in [5, 5.41) is 2.96. The molecule has 1 amide bonds. The number of rotatable bonds is 10. The highest BCUT2D eigenvalue weighted by Gasteiger charge is 2.15. The van der Waals surface area contributed by atoms with Crippen molar-refractivity contribution in [2.24, 2.45) is 5.92 Å². The first-order valence-corrected chi connectivity index (χ1v) is 10.9. The molecule has 2 rings (SSSR count). The number of anilines is 1. The molecule has 2 N–H and O–H groups in total. The molecule has 146 valence electrons. The van der Waals surface area contributed by atoms with Crippen LogP contribution in [0.15, 0.2) is 59.5 Å². The minimum atomic E-state index is -3.68. The molecule has 0 radical (unpaired) electrons. The second-order valence-corrected chi connectivity index (χ2v) is 8.31. The van der Waals surface area contributed by atoms with Crippen molar-refractivity contribution in [3.05, 3.63) is 60.2 Å². The van der Waals surface area contributed by atoms with E-state index in [0.29, 0.717) is 23.7 Å². The standard InChI is InChI=1S/C21H28N2O3S/c1-3-5-10-17(4-2)16-22-21(24)18-11-9-12-19(15-18)23-27(25,26)20-13-7-6-8-14-20/h6-9,11-15,17,23H,3-5,10,16H2,1-2H3,(H,22,24)/t17-/m0/s1. The van der Waals surface area contributed by atoms with E-state index < -0.39 is 10.0 Å². The van der Waals surface area contributed by atoms with Crippen LogP contribution in [0.4, 0.5) is 5.69 Å². The summed E-state index contributed by atoms with van der Waals surface area (Å²) in [5.74, 6) is 0.277. The van der Waals surface area contributed by atoms with Crippen LogP contribution in [0.2, 0.25) is 0 Å². The Labute approximate surface area is 162 Å². The van der Waals surface area contributed by atoms with Gasteiger partial charge >= 0.3 is 0 Å². The van der Waals surface area contributed by atoms with Crippen molar-refractivity contribution in [3.8, 4) is 0 Å². The molecule has 2 aromatic carbocycles. The number of sulfonamides is 1. The Morgan fingerprint density at radius 2 is 1.78 bits per heavy atom. The fraction of sp³-hybridized carbons (Fsp3) is 0.381. The van der Waals surface area contributed by atoms with Gasteiger partial charge in [-0.2, -0.15) is 0 Å². The van der Waals surface area contributed by atoms with Crippen LogP contribution < -0.4 is 10.0 Å². The number of amides is 1. The molecule has 1 atom stereocenters. The number of nitrogens with one attached hydrogen (secondary N) is 2. The summed E-state index contributed by atoms with van der Waals surface area (Å²) in [4.78, 5) is 12.6. The minimum Gasteiger partial charge on any atom is -0.352 e. The second kappa shape index (κ2) is 10.1. The third-order valence-electron chi connectivity index (χ3n) is 4.53. The molecule has 0 spiro atoms. The molecular weight excluding hydrogens is 360 g/mol. The third-order valence-corrected chi connectivity index (χ3v) is 5.92. The lowest BCUT2D eigenvalue weighted by atomic mass is 9.99. The molecule has 5 nitrogen and oxygen atoms in total. The Bertz CT molecular complexity index is 836. The average Bonchev–Trinajstić information content (AvgIpc) is 2.68. The monoisotopic (exact) mass is 388 g/mol. The zero-order valence-corrected chi connectivity index (χ0v) is 16.8. The van der Waals surface area contributed by atoms with Crippen LogP contribution in [0.1, 0.15) is 49.9 Å². The smallest absolute Gasteiger partial charge is 0.261 e. The summed E-state index contributed by atoms with van der Waals surface area (Å²) < 4.78 is 27.4. The Kier molecular flexibility index (Phi) is 7.85. The van der Waals surface area contributed by atoms with Crippen molar-refractivity contribution in [2.75, 3.05) is 11.3 Å². The van der Waals surface area contributed by atoms with Gasteiger partial charge in [0, 0.05) is 17.8 Å². The van der Waals surface area contributed by atoms with Crippen LogP contribution >= 0.6 is 0 Å². The molecule has 0 saturated heterocycles. The molecule has 6 heteroatoms. The Morgan fingerprint density at radius 1 is 1.04 bits per heavy atom. The van der Waals surface area contributed by atoms with Crippen molar-refractivity contribution in [1.29, 1.82) is 0 Å². The quantitative estimate of drug-likeness (QED) is 0.632. The first kappa shape index (κ1) is 21.0. The summed E-state index contributed by atoms with van der Waals surface area (Å²) in [6.07, 6.45) is 4.43. The normalized spacial score (nSPS) is 12.4. The first-order chi connectivity index (χ1) is 13.0. The maximum atomic E-state index is 12.4. The predicted octanol–water partition coefficient (Wildman–Crippen LogP) is 4.43. The Hall–Kier alpha value is -2.34. The number of hydrogen-bond acceptors (Lipinski definition) is 3. The molecule has 0 aliphatic rings. The topological polar surface area (TPSA) is 75.3 Å². The zero-order chi connectivity index (χ0) is 19.7. The van der Waals surface area contributed by atoms with Crippen molar-refractivity contribution in [2.45, 2.75) is 44.4 Å². The molecule has 0 heterocycles. The van der Waals surface area contributed by atoms with Gasteiger partial charge in [-0.25, -0.2) is 8.42 Å². The SMILES string of the molecule is CCCC[C@H](CC)CNC(=O)c1cccc(NS(=O)(=O)c2ccccc2)c1. The van der Waals surface area contributed by atoms with Gasteiger partial charge in [-0.1, -0.05) is 57.4 Å².